The third kappa shape index (κ3) is 2.20. The molecule has 0 bridgehead atoms. The van der Waals surface area contributed by atoms with Crippen molar-refractivity contribution in [1.82, 2.24) is 5.32 Å². The number of nitrogens with one attached hydrogen (secondary N) is 1. The standard InChI is InChI=1S/C17H17N5/c18-16-19-15(13-7-2-1-3-8-13)20-17(21-16)22-11-10-12-6-4-5-9-14(12)22/h1-9,15H,10-11H2,(H3,18,19,20,21). The minimum Gasteiger partial charge on any atom is -0.370 e. The van der Waals surface area contributed by atoms with Crippen LogP contribution in [0.15, 0.2) is 64.6 Å². The number of nitrogens with zero attached hydrogens (tertiary/aromatic N) is 3. The van der Waals surface area contributed by atoms with Crippen molar-refractivity contribution in [3.8, 4) is 0 Å². The van der Waals surface area contributed by atoms with Gasteiger partial charge in [-0.2, -0.15) is 0 Å². The van der Waals surface area contributed by atoms with Crippen LogP contribution in [0.4, 0.5) is 5.69 Å². The molecule has 4 rings (SSSR count). The summed E-state index contributed by atoms with van der Waals surface area (Å²) in [6.07, 6.45) is 0.731. The molecule has 1 unspecified atom stereocenters. The van der Waals surface area contributed by atoms with Gasteiger partial charge in [-0.05, 0) is 23.6 Å². The lowest BCUT2D eigenvalue weighted by Gasteiger charge is -2.26. The first-order valence-electron chi connectivity index (χ1n) is 7.40. The highest BCUT2D eigenvalue weighted by molar-refractivity contribution is 6.08. The molecule has 5 heteroatoms. The van der Waals surface area contributed by atoms with Gasteiger partial charge in [0.1, 0.15) is 0 Å². The molecule has 110 valence electrons. The van der Waals surface area contributed by atoms with E-state index in [4.69, 9.17) is 10.7 Å². The monoisotopic (exact) mass is 291 g/mol. The fraction of sp³-hybridized carbons (Fsp3) is 0.176. The second kappa shape index (κ2) is 5.18. The number of anilines is 1. The number of aliphatic imine (C=N–C) groups is 2. The number of hydrogen-bond acceptors (Lipinski definition) is 5. The zero-order valence-electron chi connectivity index (χ0n) is 12.1. The van der Waals surface area contributed by atoms with E-state index in [0.29, 0.717) is 5.96 Å². The number of para-hydroxylation sites is 1. The van der Waals surface area contributed by atoms with Crippen molar-refractivity contribution in [1.29, 1.82) is 0 Å². The van der Waals surface area contributed by atoms with Gasteiger partial charge < -0.3 is 10.6 Å². The molecule has 0 aromatic heterocycles. The van der Waals surface area contributed by atoms with Crippen molar-refractivity contribution in [2.45, 2.75) is 12.6 Å². The fourth-order valence-electron chi connectivity index (χ4n) is 2.93. The van der Waals surface area contributed by atoms with Crippen LogP contribution >= 0.6 is 0 Å². The minimum atomic E-state index is -0.287. The molecule has 2 aromatic carbocycles. The van der Waals surface area contributed by atoms with Crippen molar-refractivity contribution in [3.63, 3.8) is 0 Å². The van der Waals surface area contributed by atoms with Crippen molar-refractivity contribution in [2.75, 3.05) is 11.4 Å². The van der Waals surface area contributed by atoms with E-state index in [1.54, 1.807) is 0 Å². The van der Waals surface area contributed by atoms with Crippen LogP contribution in [0, 0.1) is 0 Å². The fourth-order valence-corrected chi connectivity index (χ4v) is 2.93. The molecule has 2 heterocycles. The molecule has 0 aliphatic carbocycles. The van der Waals surface area contributed by atoms with Crippen molar-refractivity contribution in [3.05, 3.63) is 65.7 Å². The normalized spacial score (nSPS) is 20.0. The summed E-state index contributed by atoms with van der Waals surface area (Å²) in [6, 6.07) is 18.4. The summed E-state index contributed by atoms with van der Waals surface area (Å²) in [6.45, 7) is 0.903. The van der Waals surface area contributed by atoms with E-state index in [9.17, 15) is 0 Å². The summed E-state index contributed by atoms with van der Waals surface area (Å²) in [5.74, 6) is 1.18. The molecule has 0 radical (unpaired) electrons. The lowest BCUT2D eigenvalue weighted by Crippen LogP contribution is -2.49. The summed E-state index contributed by atoms with van der Waals surface area (Å²) >= 11 is 0. The maximum absolute atomic E-state index is 5.97. The summed E-state index contributed by atoms with van der Waals surface area (Å²) in [5.41, 5.74) is 9.54. The summed E-state index contributed by atoms with van der Waals surface area (Å²) < 4.78 is 0. The smallest absolute Gasteiger partial charge is 0.207 e. The second-order valence-corrected chi connectivity index (χ2v) is 5.41. The summed E-state index contributed by atoms with van der Waals surface area (Å²) in [5, 5.41) is 3.10. The molecule has 0 saturated heterocycles. The molecule has 0 fully saturated rings. The number of rotatable bonds is 1. The molecular formula is C17H17N5. The van der Waals surface area contributed by atoms with Gasteiger partial charge in [0.25, 0.3) is 0 Å². The summed E-state index contributed by atoms with van der Waals surface area (Å²) in [7, 11) is 0. The minimum absolute atomic E-state index is 0.287. The third-order valence-electron chi connectivity index (χ3n) is 3.99. The van der Waals surface area contributed by atoms with Gasteiger partial charge in [-0.15, -0.1) is 0 Å². The van der Waals surface area contributed by atoms with Gasteiger partial charge in [0.05, 0.1) is 0 Å². The highest BCUT2D eigenvalue weighted by Crippen LogP contribution is 2.29. The van der Waals surface area contributed by atoms with Gasteiger partial charge in [-0.3, -0.25) is 5.32 Å². The first-order chi connectivity index (χ1) is 10.8. The number of guanidine groups is 2. The Morgan fingerprint density at radius 1 is 1.00 bits per heavy atom. The average Bonchev–Trinajstić information content (AvgIpc) is 2.99. The quantitative estimate of drug-likeness (QED) is 0.845. The first kappa shape index (κ1) is 12.9. The lowest BCUT2D eigenvalue weighted by molar-refractivity contribution is 0.742. The Bertz CT molecular complexity index is 751. The highest BCUT2D eigenvalue weighted by Gasteiger charge is 2.26. The number of nitrogens with two attached hydrogens (primary N) is 1. The zero-order valence-corrected chi connectivity index (χ0v) is 12.1. The lowest BCUT2D eigenvalue weighted by atomic mass is 10.2. The molecule has 2 aliphatic heterocycles. The maximum atomic E-state index is 5.97. The Hall–Kier alpha value is -2.82. The summed E-state index contributed by atoms with van der Waals surface area (Å²) in [4.78, 5) is 11.3. The van der Waals surface area contributed by atoms with Crippen LogP contribution in [0.1, 0.15) is 17.3 Å². The Morgan fingerprint density at radius 3 is 2.64 bits per heavy atom. The van der Waals surface area contributed by atoms with Gasteiger partial charge in [-0.1, -0.05) is 48.5 Å². The Labute approximate surface area is 129 Å². The first-order valence-corrected chi connectivity index (χ1v) is 7.40. The molecular weight excluding hydrogens is 274 g/mol. The molecule has 0 amide bonds. The van der Waals surface area contributed by atoms with E-state index < -0.39 is 0 Å². The number of hydrogen-bond donors (Lipinski definition) is 2. The molecule has 0 saturated carbocycles. The zero-order chi connectivity index (χ0) is 14.9. The van der Waals surface area contributed by atoms with Crippen molar-refractivity contribution >= 4 is 17.6 Å². The maximum Gasteiger partial charge on any atom is 0.207 e. The molecule has 5 nitrogen and oxygen atoms in total. The van der Waals surface area contributed by atoms with E-state index in [-0.39, 0.29) is 6.17 Å². The largest absolute Gasteiger partial charge is 0.370 e. The van der Waals surface area contributed by atoms with E-state index in [0.717, 1.165) is 24.5 Å². The molecule has 22 heavy (non-hydrogen) atoms. The SMILES string of the molecule is NC1=NC(c2ccccc2)N=C(N2CCc3ccccc32)N1. The molecule has 0 spiro atoms. The van der Waals surface area contributed by atoms with E-state index in [1.165, 1.54) is 11.3 Å². The third-order valence-corrected chi connectivity index (χ3v) is 3.99. The number of benzene rings is 2. The Kier molecular flexibility index (Phi) is 3.04. The van der Waals surface area contributed by atoms with Crippen LogP contribution in [-0.4, -0.2) is 18.5 Å². The molecule has 2 aliphatic rings. The van der Waals surface area contributed by atoms with Gasteiger partial charge in [-0.25, -0.2) is 9.98 Å². The predicted octanol–water partition coefficient (Wildman–Crippen LogP) is 2.02. The van der Waals surface area contributed by atoms with Gasteiger partial charge in [0, 0.05) is 12.2 Å². The van der Waals surface area contributed by atoms with Gasteiger partial charge in [0.2, 0.25) is 5.96 Å². The molecule has 3 N–H and O–H groups in total. The Morgan fingerprint density at radius 2 is 1.77 bits per heavy atom. The second-order valence-electron chi connectivity index (χ2n) is 5.41. The van der Waals surface area contributed by atoms with E-state index in [1.807, 2.05) is 36.4 Å². The number of fused-ring (bicyclic) bond motifs is 1. The predicted molar refractivity (Wildman–Crippen MR) is 88.9 cm³/mol. The van der Waals surface area contributed by atoms with Crippen LogP contribution in [0.5, 0.6) is 0 Å². The van der Waals surface area contributed by atoms with Gasteiger partial charge in [0.15, 0.2) is 12.1 Å². The van der Waals surface area contributed by atoms with Gasteiger partial charge >= 0.3 is 0 Å². The van der Waals surface area contributed by atoms with Crippen LogP contribution in [0.2, 0.25) is 0 Å². The average molecular weight is 291 g/mol. The van der Waals surface area contributed by atoms with E-state index >= 15 is 0 Å². The topological polar surface area (TPSA) is 66.0 Å². The van der Waals surface area contributed by atoms with Crippen molar-refractivity contribution < 1.29 is 0 Å². The molecule has 1 atom stereocenters. The van der Waals surface area contributed by atoms with Crippen molar-refractivity contribution in [2.24, 2.45) is 15.7 Å². The van der Waals surface area contributed by atoms with Crippen LogP contribution in [-0.2, 0) is 6.42 Å². The highest BCUT2D eigenvalue weighted by atomic mass is 15.4. The molecule has 2 aromatic rings. The Balaban J connectivity index is 1.69. The van der Waals surface area contributed by atoms with Crippen LogP contribution < -0.4 is 16.0 Å². The van der Waals surface area contributed by atoms with Crippen LogP contribution in [0.25, 0.3) is 0 Å². The van der Waals surface area contributed by atoms with Crippen LogP contribution in [0.3, 0.4) is 0 Å². The van der Waals surface area contributed by atoms with E-state index in [2.05, 4.69) is 33.4 Å².